The molecule has 12 nitrogen and oxygen atoms in total. The van der Waals surface area contributed by atoms with Crippen molar-refractivity contribution in [1.29, 1.82) is 0 Å². The summed E-state index contributed by atoms with van der Waals surface area (Å²) in [5.41, 5.74) is 1.53. The number of thioether (sulfide) groups is 1. The minimum atomic E-state index is -0.637. The lowest BCUT2D eigenvalue weighted by Gasteiger charge is -2.32. The predicted molar refractivity (Wildman–Crippen MR) is 174 cm³/mol. The van der Waals surface area contributed by atoms with Crippen LogP contribution >= 0.6 is 23.4 Å². The van der Waals surface area contributed by atoms with Crippen molar-refractivity contribution < 1.29 is 23.6 Å². The van der Waals surface area contributed by atoms with E-state index in [2.05, 4.69) is 48.0 Å². The van der Waals surface area contributed by atoms with E-state index in [1.54, 1.807) is 24.4 Å². The van der Waals surface area contributed by atoms with Gasteiger partial charge in [0, 0.05) is 92.8 Å². The molecule has 0 radical (unpaired) electrons. The summed E-state index contributed by atoms with van der Waals surface area (Å²) < 4.78 is 14.7. The van der Waals surface area contributed by atoms with Gasteiger partial charge in [0.2, 0.25) is 11.8 Å². The van der Waals surface area contributed by atoms with Crippen molar-refractivity contribution in [2.24, 2.45) is 5.92 Å². The summed E-state index contributed by atoms with van der Waals surface area (Å²) >= 11 is 7.42. The molecule has 0 bridgehead atoms. The van der Waals surface area contributed by atoms with Crippen LogP contribution in [0.1, 0.15) is 19.3 Å². The van der Waals surface area contributed by atoms with Crippen molar-refractivity contribution in [3.05, 3.63) is 53.4 Å². The second-order valence-electron chi connectivity index (χ2n) is 11.2. The molecule has 3 heterocycles. The highest BCUT2D eigenvalue weighted by atomic mass is 35.5. The molecule has 2 aromatic heterocycles. The zero-order chi connectivity index (χ0) is 32.6. The fraction of sp³-hybridized carbons (Fsp3) is 0.387. The lowest BCUT2D eigenvalue weighted by molar-refractivity contribution is -0.134. The van der Waals surface area contributed by atoms with E-state index in [0.29, 0.717) is 46.0 Å². The molecule has 3 aromatic rings. The fourth-order valence-electron chi connectivity index (χ4n) is 5.07. The highest BCUT2D eigenvalue weighted by Gasteiger charge is 2.34. The van der Waals surface area contributed by atoms with Crippen molar-refractivity contribution in [1.82, 2.24) is 30.3 Å². The van der Waals surface area contributed by atoms with Crippen LogP contribution < -0.4 is 16.0 Å². The molecule has 0 atom stereocenters. The molecule has 1 saturated carbocycles. The Morgan fingerprint density at radius 3 is 2.57 bits per heavy atom. The number of ketones is 2. The molecule has 15 heteroatoms. The van der Waals surface area contributed by atoms with Crippen LogP contribution in [0, 0.1) is 11.7 Å². The van der Waals surface area contributed by atoms with E-state index in [-0.39, 0.29) is 42.5 Å². The molecule has 46 heavy (non-hydrogen) atoms. The third-order valence-corrected chi connectivity index (χ3v) is 8.93. The van der Waals surface area contributed by atoms with Crippen LogP contribution in [0.25, 0.3) is 11.3 Å². The number of carbonyl (C=O) groups is 4. The van der Waals surface area contributed by atoms with Gasteiger partial charge in [-0.05, 0) is 37.4 Å². The molecule has 1 aliphatic carbocycles. The summed E-state index contributed by atoms with van der Waals surface area (Å²) in [6, 6.07) is 9.22. The van der Waals surface area contributed by atoms with Crippen LogP contribution in [0.5, 0.6) is 0 Å². The molecule has 2 aliphatic rings. The van der Waals surface area contributed by atoms with Gasteiger partial charge in [-0.15, -0.1) is 22.0 Å². The number of rotatable bonds is 12. The third kappa shape index (κ3) is 9.06. The van der Waals surface area contributed by atoms with Crippen molar-refractivity contribution in [2.75, 3.05) is 62.7 Å². The van der Waals surface area contributed by atoms with Crippen LogP contribution in [-0.2, 0) is 19.2 Å². The third-order valence-electron chi connectivity index (χ3n) is 7.71. The minimum Gasteiger partial charge on any atom is -0.355 e. The quantitative estimate of drug-likeness (QED) is 0.148. The van der Waals surface area contributed by atoms with Crippen molar-refractivity contribution in [3.8, 4) is 11.3 Å². The first-order chi connectivity index (χ1) is 22.1. The van der Waals surface area contributed by atoms with Crippen LogP contribution in [0.2, 0.25) is 5.02 Å². The number of anilines is 3. The number of aromatic nitrogens is 3. The van der Waals surface area contributed by atoms with Crippen LogP contribution in [0.15, 0.2) is 47.6 Å². The molecule has 5 rings (SSSR count). The van der Waals surface area contributed by atoms with Gasteiger partial charge in [0.05, 0.1) is 17.3 Å². The normalized spacial score (nSPS) is 16.1. The van der Waals surface area contributed by atoms with Gasteiger partial charge in [-0.25, -0.2) is 9.37 Å². The van der Waals surface area contributed by atoms with E-state index in [0.717, 1.165) is 26.2 Å². The number of piperazine rings is 1. The summed E-state index contributed by atoms with van der Waals surface area (Å²) in [7, 11) is 2.09. The summed E-state index contributed by atoms with van der Waals surface area (Å²) in [6.07, 6.45) is 1.77. The second kappa shape index (κ2) is 15.5. The Balaban J connectivity index is 1.25. The van der Waals surface area contributed by atoms with E-state index >= 15 is 0 Å². The van der Waals surface area contributed by atoms with E-state index in [4.69, 9.17) is 11.6 Å². The maximum atomic E-state index is 14.7. The van der Waals surface area contributed by atoms with Crippen molar-refractivity contribution in [2.45, 2.75) is 24.3 Å². The average molecular weight is 669 g/mol. The van der Waals surface area contributed by atoms with Gasteiger partial charge in [-0.1, -0.05) is 11.6 Å². The van der Waals surface area contributed by atoms with E-state index in [9.17, 15) is 23.6 Å². The average Bonchev–Trinajstić information content (AvgIpc) is 3.38. The number of benzene rings is 1. The Kier molecular flexibility index (Phi) is 11.3. The van der Waals surface area contributed by atoms with Gasteiger partial charge in [-0.3, -0.25) is 19.2 Å². The molecule has 0 unspecified atom stereocenters. The van der Waals surface area contributed by atoms with Crippen molar-refractivity contribution in [3.63, 3.8) is 0 Å². The Morgan fingerprint density at radius 2 is 1.80 bits per heavy atom. The number of pyridine rings is 1. The maximum Gasteiger partial charge on any atom is 0.226 e. The highest BCUT2D eigenvalue weighted by molar-refractivity contribution is 7.99. The molecule has 0 spiro atoms. The number of likely N-dealkylation sites (N-methyl/N-ethyl adjacent to an activating group) is 1. The molecule has 2 fully saturated rings. The number of hydrogen-bond donors (Lipinski definition) is 3. The molecule has 242 valence electrons. The van der Waals surface area contributed by atoms with E-state index < -0.39 is 23.3 Å². The summed E-state index contributed by atoms with van der Waals surface area (Å²) in [5, 5.41) is 18.3. The van der Waals surface area contributed by atoms with Crippen LogP contribution in [0.4, 0.5) is 21.6 Å². The molecular formula is C31H34ClFN8O4S. The maximum absolute atomic E-state index is 14.7. The van der Waals surface area contributed by atoms with Gasteiger partial charge >= 0.3 is 0 Å². The molecule has 3 N–H and O–H groups in total. The zero-order valence-corrected chi connectivity index (χ0v) is 26.8. The number of nitrogens with zero attached hydrogens (tertiary/aromatic N) is 5. The minimum absolute atomic E-state index is 0.0660. The van der Waals surface area contributed by atoms with Gasteiger partial charge in [0.15, 0.2) is 11.6 Å². The molecule has 2 amide bonds. The Morgan fingerprint density at radius 1 is 1.04 bits per heavy atom. The molecule has 1 saturated heterocycles. The monoisotopic (exact) mass is 668 g/mol. The highest BCUT2D eigenvalue weighted by Crippen LogP contribution is 2.33. The SMILES string of the molecule is CN1CCN(CCC(=O)Nc2cc(Nc3cc(-c4cc(Cl)ccc4F)nnc3SCCNC(=O)C3CC(=O)C(=O)C3)ccn2)CC1. The Bertz CT molecular complexity index is 1610. The first-order valence-corrected chi connectivity index (χ1v) is 16.2. The number of halogens is 2. The number of amides is 2. The van der Waals surface area contributed by atoms with Crippen LogP contribution in [0.3, 0.4) is 0 Å². The zero-order valence-electron chi connectivity index (χ0n) is 25.2. The number of hydrogen-bond acceptors (Lipinski definition) is 11. The Hall–Kier alpha value is -3.98. The first-order valence-electron chi connectivity index (χ1n) is 14.9. The van der Waals surface area contributed by atoms with Crippen molar-refractivity contribution >= 4 is 63.9 Å². The number of Topliss-reactive ketones (excluding diaryl/α,β-unsaturated/α-hetero) is 2. The van der Waals surface area contributed by atoms with E-state index in [1.165, 1.54) is 30.0 Å². The lowest BCUT2D eigenvalue weighted by Crippen LogP contribution is -2.45. The van der Waals surface area contributed by atoms with Gasteiger partial charge in [-0.2, -0.15) is 0 Å². The van der Waals surface area contributed by atoms with Crippen LogP contribution in [-0.4, -0.2) is 100 Å². The summed E-state index contributed by atoms with van der Waals surface area (Å²) in [6.45, 7) is 4.74. The fourth-order valence-corrected chi connectivity index (χ4v) is 6.00. The van der Waals surface area contributed by atoms with Gasteiger partial charge in [0.1, 0.15) is 16.7 Å². The number of nitrogens with one attached hydrogen (secondary N) is 3. The predicted octanol–water partition coefficient (Wildman–Crippen LogP) is 3.41. The van der Waals surface area contributed by atoms with E-state index in [1.807, 2.05) is 0 Å². The Labute approximate surface area is 274 Å². The largest absolute Gasteiger partial charge is 0.355 e. The lowest BCUT2D eigenvalue weighted by atomic mass is 10.1. The number of carbonyl (C=O) groups excluding carboxylic acids is 4. The van der Waals surface area contributed by atoms with Gasteiger partial charge < -0.3 is 25.8 Å². The topological polar surface area (TPSA) is 150 Å². The second-order valence-corrected chi connectivity index (χ2v) is 12.7. The molecular weight excluding hydrogens is 635 g/mol. The summed E-state index contributed by atoms with van der Waals surface area (Å²) in [5.74, 6) is -1.88. The summed E-state index contributed by atoms with van der Waals surface area (Å²) in [4.78, 5) is 56.9. The molecule has 1 aromatic carbocycles. The first kappa shape index (κ1) is 33.4. The smallest absolute Gasteiger partial charge is 0.226 e. The standard InChI is InChI=1S/C31H34ClFN8O4S/c1-40-9-11-41(12-10-40)8-5-29(44)37-28-17-21(4-6-34-28)36-25-18-24(22-16-20(32)2-3-23(22)33)38-39-31(25)46-13-7-35-30(45)19-14-26(42)27(43)15-19/h2-4,6,16-19H,5,7-15H2,1H3,(H,35,45)(H2,34,36,37,38,44). The van der Waals surface area contributed by atoms with Gasteiger partial charge in [0.25, 0.3) is 0 Å². The molecule has 1 aliphatic heterocycles.